The number of benzene rings is 2. The van der Waals surface area contributed by atoms with E-state index in [-0.39, 0.29) is 11.8 Å². The third kappa shape index (κ3) is 17.6. The number of rotatable bonds is 15. The molecule has 3 amide bonds. The van der Waals surface area contributed by atoms with Crippen LogP contribution in [0.2, 0.25) is 0 Å². The zero-order valence-corrected chi connectivity index (χ0v) is 39.0. The SMILES string of the molecule is C=C(CN(CCC)C(=O)CC(C)CC)N(N)/C(=C\C)c1ccc(-c2ccc(-c3cnc(CN4CCC[C@@H](NC(=O)OC(C)(C)C)C4=O)[nH]3)cc2)cc1.C=CC.CC.CCC. The van der Waals surface area contributed by atoms with Gasteiger partial charge in [0.2, 0.25) is 11.8 Å². The number of nitrogens with one attached hydrogen (secondary N) is 2. The van der Waals surface area contributed by atoms with Gasteiger partial charge in [0.25, 0.3) is 0 Å². The van der Waals surface area contributed by atoms with E-state index in [0.29, 0.717) is 56.5 Å². The van der Waals surface area contributed by atoms with Gasteiger partial charge in [-0.1, -0.05) is 129 Å². The minimum absolute atomic E-state index is 0.134. The number of nitrogens with zero attached hydrogens (tertiary/aromatic N) is 4. The van der Waals surface area contributed by atoms with Crippen LogP contribution in [0.25, 0.3) is 28.1 Å². The molecule has 1 aliphatic heterocycles. The highest BCUT2D eigenvalue weighted by molar-refractivity contribution is 5.86. The van der Waals surface area contributed by atoms with Crippen molar-refractivity contribution in [2.45, 2.75) is 140 Å². The van der Waals surface area contributed by atoms with Crippen LogP contribution in [0.1, 0.15) is 133 Å². The van der Waals surface area contributed by atoms with Gasteiger partial charge in [-0.3, -0.25) is 14.6 Å². The largest absolute Gasteiger partial charge is 0.444 e. The van der Waals surface area contributed by atoms with Crippen LogP contribution < -0.4 is 11.2 Å². The lowest BCUT2D eigenvalue weighted by Crippen LogP contribution is -2.52. The lowest BCUT2D eigenvalue weighted by atomic mass is 10.0. The van der Waals surface area contributed by atoms with Crippen LogP contribution in [-0.2, 0) is 20.9 Å². The summed E-state index contributed by atoms with van der Waals surface area (Å²) in [6.45, 7) is 33.3. The number of piperidine rings is 1. The third-order valence-electron chi connectivity index (χ3n) is 9.21. The quantitative estimate of drug-likeness (QED) is 0.0788. The van der Waals surface area contributed by atoms with E-state index in [4.69, 9.17) is 10.6 Å². The Morgan fingerprint density at radius 2 is 1.58 bits per heavy atom. The van der Waals surface area contributed by atoms with E-state index in [1.54, 1.807) is 43.0 Å². The Kier molecular flexibility index (Phi) is 24.3. The second-order valence-electron chi connectivity index (χ2n) is 15.8. The average molecular weight is 828 g/mol. The van der Waals surface area contributed by atoms with Gasteiger partial charge >= 0.3 is 6.09 Å². The normalized spacial score (nSPS) is 14.2. The Morgan fingerprint density at radius 3 is 2.10 bits per heavy atom. The predicted octanol–water partition coefficient (Wildman–Crippen LogP) is 11.1. The number of alkyl carbamates (subject to hydrolysis) is 1. The van der Waals surface area contributed by atoms with Crippen LogP contribution in [0.5, 0.6) is 0 Å². The van der Waals surface area contributed by atoms with Crippen LogP contribution in [0.4, 0.5) is 4.79 Å². The van der Waals surface area contributed by atoms with Gasteiger partial charge < -0.3 is 24.8 Å². The number of hydrogen-bond acceptors (Lipinski definition) is 7. The third-order valence-corrected chi connectivity index (χ3v) is 9.21. The van der Waals surface area contributed by atoms with Crippen molar-refractivity contribution in [2.24, 2.45) is 11.8 Å². The number of nitrogens with two attached hydrogens (primary N) is 1. The highest BCUT2D eigenvalue weighted by Gasteiger charge is 2.32. The molecule has 0 radical (unpaired) electrons. The summed E-state index contributed by atoms with van der Waals surface area (Å²) < 4.78 is 5.34. The van der Waals surface area contributed by atoms with Crippen molar-refractivity contribution in [1.82, 2.24) is 30.1 Å². The first-order chi connectivity index (χ1) is 28.5. The molecule has 332 valence electrons. The van der Waals surface area contributed by atoms with Gasteiger partial charge in [-0.25, -0.2) is 15.6 Å². The van der Waals surface area contributed by atoms with Crippen LogP contribution in [-0.4, -0.2) is 74.0 Å². The molecule has 2 atom stereocenters. The summed E-state index contributed by atoms with van der Waals surface area (Å²) in [4.78, 5) is 49.8. The van der Waals surface area contributed by atoms with Crippen molar-refractivity contribution in [3.63, 3.8) is 0 Å². The predicted molar refractivity (Wildman–Crippen MR) is 250 cm³/mol. The molecule has 2 aromatic carbocycles. The molecule has 0 aliphatic carbocycles. The van der Waals surface area contributed by atoms with E-state index in [9.17, 15) is 14.4 Å². The van der Waals surface area contributed by atoms with E-state index < -0.39 is 17.7 Å². The Balaban J connectivity index is 0.00000209. The maximum absolute atomic E-state index is 13.1. The van der Waals surface area contributed by atoms with Gasteiger partial charge in [0.15, 0.2) is 0 Å². The van der Waals surface area contributed by atoms with Gasteiger partial charge in [-0.05, 0) is 82.1 Å². The Bertz CT molecular complexity index is 1770. The summed E-state index contributed by atoms with van der Waals surface area (Å²) in [6, 6.07) is 15.8. The van der Waals surface area contributed by atoms with Gasteiger partial charge in [-0.15, -0.1) is 6.58 Å². The molecule has 1 unspecified atom stereocenters. The number of imidazole rings is 1. The number of amides is 3. The Hall–Kier alpha value is -5.16. The first-order valence-electron chi connectivity index (χ1n) is 21.8. The number of aromatic nitrogens is 2. The van der Waals surface area contributed by atoms with Crippen molar-refractivity contribution in [1.29, 1.82) is 0 Å². The van der Waals surface area contributed by atoms with Crippen molar-refractivity contribution in [3.05, 3.63) is 97.1 Å². The number of carbonyl (C=O) groups is 3. The number of hydrazine groups is 1. The van der Waals surface area contributed by atoms with Crippen molar-refractivity contribution in [3.8, 4) is 22.4 Å². The first-order valence-corrected chi connectivity index (χ1v) is 21.8. The molecule has 0 bridgehead atoms. The first kappa shape index (κ1) is 52.9. The number of likely N-dealkylation sites (tertiary alicyclic amines) is 1. The van der Waals surface area contributed by atoms with Crippen molar-refractivity contribution < 1.29 is 19.1 Å². The monoisotopic (exact) mass is 828 g/mol. The molecular weight excluding hydrogens is 751 g/mol. The van der Waals surface area contributed by atoms with Gasteiger partial charge in [0, 0.05) is 25.2 Å². The summed E-state index contributed by atoms with van der Waals surface area (Å²) in [5.41, 5.74) is 5.72. The minimum atomic E-state index is -0.636. The fourth-order valence-electron chi connectivity index (χ4n) is 6.17. The average Bonchev–Trinajstić information content (AvgIpc) is 3.69. The molecule has 2 heterocycles. The fraction of sp³-hybridized carbons (Fsp3) is 0.510. The number of ether oxygens (including phenoxy) is 1. The molecule has 1 aliphatic rings. The molecule has 1 aromatic heterocycles. The zero-order chi connectivity index (χ0) is 45.4. The van der Waals surface area contributed by atoms with E-state index in [1.165, 1.54) is 6.42 Å². The Labute approximate surface area is 362 Å². The summed E-state index contributed by atoms with van der Waals surface area (Å²) in [6.07, 6.45) is 9.85. The summed E-state index contributed by atoms with van der Waals surface area (Å²) in [7, 11) is 0. The lowest BCUT2D eigenvalue weighted by molar-refractivity contribution is -0.136. The van der Waals surface area contributed by atoms with Crippen LogP contribution >= 0.6 is 0 Å². The van der Waals surface area contributed by atoms with Gasteiger partial charge in [-0.2, -0.15) is 0 Å². The maximum Gasteiger partial charge on any atom is 0.408 e. The number of carbonyl (C=O) groups excluding carboxylic acids is 3. The standard InChI is InChI=1S/C41H57N7O4.C3H8.C3H6.C2H6/c1-9-22-46(38(49)24-28(4)10-2)26-29(5)48(42)36(11-3)33-20-16-31(17-21-33)30-14-18-32(19-15-30)35-25-43-37(44-35)27-47-23-12-13-34(39(47)50)45-40(51)52-41(6,7)8;2*1-3-2;1-2/h11,14-21,25,28,34H,5,9-10,12-13,22-24,26-27,42H2,1-4,6-8H3,(H,43,44)(H,45,51);3H2,1-2H3;3H,1H2,2H3;1-2H3/b36-11-;;;/t28?,34-;;;/m1.../s1. The van der Waals surface area contributed by atoms with E-state index >= 15 is 0 Å². The van der Waals surface area contributed by atoms with Crippen LogP contribution in [0.15, 0.2) is 85.7 Å². The highest BCUT2D eigenvalue weighted by Crippen LogP contribution is 2.28. The molecule has 0 saturated carbocycles. The Morgan fingerprint density at radius 1 is 1.03 bits per heavy atom. The fourth-order valence-corrected chi connectivity index (χ4v) is 6.17. The molecule has 1 saturated heterocycles. The second-order valence-corrected chi connectivity index (χ2v) is 15.8. The summed E-state index contributed by atoms with van der Waals surface area (Å²) >= 11 is 0. The zero-order valence-electron chi connectivity index (χ0n) is 39.0. The smallest absolute Gasteiger partial charge is 0.408 e. The van der Waals surface area contributed by atoms with Crippen LogP contribution in [0, 0.1) is 5.92 Å². The number of allylic oxidation sites excluding steroid dienone is 2. The molecule has 11 nitrogen and oxygen atoms in total. The van der Waals surface area contributed by atoms with Crippen molar-refractivity contribution in [2.75, 3.05) is 19.6 Å². The molecule has 11 heteroatoms. The molecule has 0 spiro atoms. The molecule has 3 aromatic rings. The lowest BCUT2D eigenvalue weighted by Gasteiger charge is -2.32. The van der Waals surface area contributed by atoms with Gasteiger partial charge in [0.05, 0.1) is 30.7 Å². The molecule has 60 heavy (non-hydrogen) atoms. The van der Waals surface area contributed by atoms with E-state index in [0.717, 1.165) is 52.9 Å². The molecular formula is C49H77N7O4. The maximum atomic E-state index is 13.1. The number of H-pyrrole nitrogens is 1. The van der Waals surface area contributed by atoms with E-state index in [2.05, 4.69) is 87.3 Å². The highest BCUT2D eigenvalue weighted by atomic mass is 16.6. The summed E-state index contributed by atoms with van der Waals surface area (Å²) in [5, 5.41) is 4.31. The molecule has 4 N–H and O–H groups in total. The topological polar surface area (TPSA) is 137 Å². The number of aromatic amines is 1. The van der Waals surface area contributed by atoms with Crippen LogP contribution in [0.3, 0.4) is 0 Å². The molecule has 1 fully saturated rings. The summed E-state index contributed by atoms with van der Waals surface area (Å²) in [5.74, 6) is 7.58. The molecule has 4 rings (SSSR count). The number of hydrogen-bond donors (Lipinski definition) is 3. The van der Waals surface area contributed by atoms with Crippen molar-refractivity contribution >= 4 is 23.6 Å². The second kappa shape index (κ2) is 27.6. The van der Waals surface area contributed by atoms with E-state index in [1.807, 2.05) is 62.9 Å². The minimum Gasteiger partial charge on any atom is -0.444 e. The van der Waals surface area contributed by atoms with Gasteiger partial charge in [0.1, 0.15) is 17.5 Å².